The normalized spacial score (nSPS) is 21.5. The van der Waals surface area contributed by atoms with Gasteiger partial charge in [-0.1, -0.05) is 42.5 Å². The van der Waals surface area contributed by atoms with Gasteiger partial charge in [0.2, 0.25) is 5.91 Å². The molecule has 0 aromatic heterocycles. The van der Waals surface area contributed by atoms with Crippen molar-refractivity contribution < 1.29 is 4.79 Å². The number of benzene rings is 1. The molecule has 15 heavy (non-hydrogen) atoms. The van der Waals surface area contributed by atoms with Crippen LogP contribution >= 0.6 is 0 Å². The second-order valence-electron chi connectivity index (χ2n) is 4.01. The molecule has 1 aromatic carbocycles. The molecule has 1 fully saturated rings. The Labute approximate surface area is 90.2 Å². The van der Waals surface area contributed by atoms with Crippen molar-refractivity contribution in [1.82, 2.24) is 4.90 Å². The zero-order valence-corrected chi connectivity index (χ0v) is 8.89. The highest BCUT2D eigenvalue weighted by molar-refractivity contribution is 5.78. The summed E-state index contributed by atoms with van der Waals surface area (Å²) in [6.45, 7) is 0.849. The van der Waals surface area contributed by atoms with Crippen LogP contribution in [0.15, 0.2) is 36.4 Å². The largest absolute Gasteiger partial charge is 0.345 e. The molecule has 2 nitrogen and oxygen atoms in total. The molecule has 1 amide bonds. The molecule has 0 bridgehead atoms. The minimum Gasteiger partial charge on any atom is -0.345 e. The first-order valence-electron chi connectivity index (χ1n) is 5.23. The lowest BCUT2D eigenvalue weighted by Crippen LogP contribution is -2.18. The molecule has 0 saturated carbocycles. The van der Waals surface area contributed by atoms with Crippen molar-refractivity contribution in [3.05, 3.63) is 42.0 Å². The molecule has 0 spiro atoms. The van der Waals surface area contributed by atoms with Crippen LogP contribution in [0.4, 0.5) is 0 Å². The summed E-state index contributed by atoms with van der Waals surface area (Å²) >= 11 is 0. The average Bonchev–Trinajstić information content (AvgIpc) is 2.57. The Bertz CT molecular complexity index is 369. The number of hydrogen-bond acceptors (Lipinski definition) is 1. The Morgan fingerprint density at radius 3 is 2.67 bits per heavy atom. The number of carbonyl (C=O) groups excluding carboxylic acids is 1. The van der Waals surface area contributed by atoms with E-state index in [-0.39, 0.29) is 5.91 Å². The van der Waals surface area contributed by atoms with Gasteiger partial charge < -0.3 is 4.90 Å². The van der Waals surface area contributed by atoms with Gasteiger partial charge in [0.05, 0.1) is 0 Å². The summed E-state index contributed by atoms with van der Waals surface area (Å²) in [5.74, 6) is 0.625. The predicted molar refractivity (Wildman–Crippen MR) is 61.2 cm³/mol. The molecule has 1 aromatic rings. The summed E-state index contributed by atoms with van der Waals surface area (Å²) in [6, 6.07) is 10.2. The Morgan fingerprint density at radius 1 is 1.33 bits per heavy atom. The second kappa shape index (κ2) is 4.30. The molecule has 78 valence electrons. The van der Waals surface area contributed by atoms with Crippen LogP contribution in [0, 0.1) is 5.92 Å². The van der Waals surface area contributed by atoms with Crippen molar-refractivity contribution in [2.75, 3.05) is 13.6 Å². The number of carbonyl (C=O) groups is 1. The van der Waals surface area contributed by atoms with E-state index in [1.807, 2.05) is 25.2 Å². The van der Waals surface area contributed by atoms with Crippen LogP contribution in [-0.2, 0) is 4.79 Å². The molecular weight excluding hydrogens is 186 g/mol. The zero-order chi connectivity index (χ0) is 10.7. The molecule has 1 heterocycles. The van der Waals surface area contributed by atoms with Gasteiger partial charge in [-0.25, -0.2) is 0 Å². The Hall–Kier alpha value is -1.57. The molecule has 2 rings (SSSR count). The molecule has 1 aliphatic rings. The molecule has 0 aliphatic carbocycles. The smallest absolute Gasteiger partial charge is 0.222 e. The highest BCUT2D eigenvalue weighted by Gasteiger charge is 2.24. The van der Waals surface area contributed by atoms with Crippen LogP contribution in [0.2, 0.25) is 0 Å². The standard InChI is InChI=1S/C13H15NO/c1-14-10-12(9-13(14)15)8-7-11-5-3-2-4-6-11/h2-8,12H,9-10H2,1H3. The average molecular weight is 201 g/mol. The van der Waals surface area contributed by atoms with E-state index in [1.54, 1.807) is 4.90 Å². The highest BCUT2D eigenvalue weighted by Crippen LogP contribution is 2.18. The summed E-state index contributed by atoms with van der Waals surface area (Å²) in [6.07, 6.45) is 4.88. The van der Waals surface area contributed by atoms with Gasteiger partial charge in [0.1, 0.15) is 0 Å². The van der Waals surface area contributed by atoms with Gasteiger partial charge in [-0.3, -0.25) is 4.79 Å². The van der Waals surface area contributed by atoms with Crippen molar-refractivity contribution >= 4 is 12.0 Å². The minimum atomic E-state index is 0.248. The maximum atomic E-state index is 11.3. The maximum absolute atomic E-state index is 11.3. The molecule has 0 N–H and O–H groups in total. The van der Waals surface area contributed by atoms with Gasteiger partial charge in [-0.2, -0.15) is 0 Å². The van der Waals surface area contributed by atoms with E-state index in [4.69, 9.17) is 0 Å². The Balaban J connectivity index is 1.99. The van der Waals surface area contributed by atoms with Crippen molar-refractivity contribution in [2.45, 2.75) is 6.42 Å². The van der Waals surface area contributed by atoms with Gasteiger partial charge in [-0.05, 0) is 5.56 Å². The van der Waals surface area contributed by atoms with E-state index in [9.17, 15) is 4.79 Å². The van der Waals surface area contributed by atoms with E-state index in [1.165, 1.54) is 5.56 Å². The Kier molecular flexibility index (Phi) is 2.86. The summed E-state index contributed by atoms with van der Waals surface area (Å²) in [7, 11) is 1.86. The fourth-order valence-corrected chi connectivity index (χ4v) is 1.84. The molecule has 1 atom stereocenters. The summed E-state index contributed by atoms with van der Waals surface area (Å²) in [4.78, 5) is 13.1. The fourth-order valence-electron chi connectivity index (χ4n) is 1.84. The first kappa shape index (κ1) is 9.97. The maximum Gasteiger partial charge on any atom is 0.222 e. The van der Waals surface area contributed by atoms with Crippen LogP contribution in [0.1, 0.15) is 12.0 Å². The van der Waals surface area contributed by atoms with E-state index in [0.717, 1.165) is 6.54 Å². The first-order chi connectivity index (χ1) is 7.25. The van der Waals surface area contributed by atoms with Gasteiger partial charge >= 0.3 is 0 Å². The van der Waals surface area contributed by atoms with Crippen LogP contribution in [0.3, 0.4) is 0 Å². The molecule has 1 aliphatic heterocycles. The topological polar surface area (TPSA) is 20.3 Å². The fraction of sp³-hybridized carbons (Fsp3) is 0.308. The molecule has 1 unspecified atom stereocenters. The van der Waals surface area contributed by atoms with Crippen LogP contribution < -0.4 is 0 Å². The summed E-state index contributed by atoms with van der Waals surface area (Å²) < 4.78 is 0. The highest BCUT2D eigenvalue weighted by atomic mass is 16.2. The number of likely N-dealkylation sites (tertiary alicyclic amines) is 1. The lowest BCUT2D eigenvalue weighted by molar-refractivity contribution is -0.126. The van der Waals surface area contributed by atoms with E-state index in [0.29, 0.717) is 12.3 Å². The van der Waals surface area contributed by atoms with Crippen LogP contribution in [0.5, 0.6) is 0 Å². The molecular formula is C13H15NO. The van der Waals surface area contributed by atoms with Crippen molar-refractivity contribution in [1.29, 1.82) is 0 Å². The van der Waals surface area contributed by atoms with E-state index in [2.05, 4.69) is 24.3 Å². The summed E-state index contributed by atoms with van der Waals surface area (Å²) in [5, 5.41) is 0. The molecule has 1 saturated heterocycles. The van der Waals surface area contributed by atoms with Gasteiger partial charge in [0, 0.05) is 25.9 Å². The number of amides is 1. The lowest BCUT2D eigenvalue weighted by Gasteiger charge is -2.06. The first-order valence-corrected chi connectivity index (χ1v) is 5.23. The third-order valence-electron chi connectivity index (χ3n) is 2.73. The summed E-state index contributed by atoms with van der Waals surface area (Å²) in [5.41, 5.74) is 1.19. The number of hydrogen-bond donors (Lipinski definition) is 0. The van der Waals surface area contributed by atoms with Gasteiger partial charge in [-0.15, -0.1) is 0 Å². The monoisotopic (exact) mass is 201 g/mol. The molecule has 0 radical (unpaired) electrons. The third kappa shape index (κ3) is 2.46. The van der Waals surface area contributed by atoms with E-state index >= 15 is 0 Å². The van der Waals surface area contributed by atoms with E-state index < -0.39 is 0 Å². The minimum absolute atomic E-state index is 0.248. The van der Waals surface area contributed by atoms with Gasteiger partial charge in [0.15, 0.2) is 0 Å². The number of rotatable bonds is 2. The molecule has 2 heteroatoms. The predicted octanol–water partition coefficient (Wildman–Crippen LogP) is 2.18. The van der Waals surface area contributed by atoms with Crippen molar-refractivity contribution in [3.8, 4) is 0 Å². The second-order valence-corrected chi connectivity index (χ2v) is 4.01. The number of nitrogens with zero attached hydrogens (tertiary/aromatic N) is 1. The Morgan fingerprint density at radius 2 is 2.07 bits per heavy atom. The van der Waals surface area contributed by atoms with Crippen molar-refractivity contribution in [2.24, 2.45) is 5.92 Å². The van der Waals surface area contributed by atoms with Gasteiger partial charge in [0.25, 0.3) is 0 Å². The van der Waals surface area contributed by atoms with Crippen LogP contribution in [0.25, 0.3) is 6.08 Å². The lowest BCUT2D eigenvalue weighted by atomic mass is 10.1. The van der Waals surface area contributed by atoms with Crippen molar-refractivity contribution in [3.63, 3.8) is 0 Å². The van der Waals surface area contributed by atoms with Crippen LogP contribution in [-0.4, -0.2) is 24.4 Å². The zero-order valence-electron chi connectivity index (χ0n) is 8.89. The quantitative estimate of drug-likeness (QED) is 0.718. The SMILES string of the molecule is CN1CC(C=Cc2ccccc2)CC1=O. The third-order valence-corrected chi connectivity index (χ3v) is 2.73.